The van der Waals surface area contributed by atoms with E-state index in [-0.39, 0.29) is 18.4 Å². The van der Waals surface area contributed by atoms with Crippen LogP contribution in [0.5, 0.6) is 0 Å². The van der Waals surface area contributed by atoms with Crippen LogP contribution in [0.25, 0.3) is 11.0 Å². The molecule has 186 valence electrons. The van der Waals surface area contributed by atoms with E-state index >= 15 is 0 Å². The fraction of sp³-hybridized carbons (Fsp3) is 0.321. The number of hydrogen-bond acceptors (Lipinski definition) is 5. The summed E-state index contributed by atoms with van der Waals surface area (Å²) in [6.07, 6.45) is 4.12. The molecular weight excluding hydrogens is 452 g/mol. The van der Waals surface area contributed by atoms with Crippen LogP contribution in [0.15, 0.2) is 67.0 Å². The lowest BCUT2D eigenvalue weighted by molar-refractivity contribution is -0.127. The van der Waals surface area contributed by atoms with E-state index in [2.05, 4.69) is 34.5 Å². The number of carbonyl (C=O) groups excluding carboxylic acids is 2. The average Bonchev–Trinajstić information content (AvgIpc) is 3.24. The molecule has 1 unspecified atom stereocenters. The lowest BCUT2D eigenvalue weighted by atomic mass is 10.0. The summed E-state index contributed by atoms with van der Waals surface area (Å²) < 4.78 is 1.58. The van der Waals surface area contributed by atoms with E-state index < -0.39 is 6.04 Å². The van der Waals surface area contributed by atoms with Gasteiger partial charge in [-0.3, -0.25) is 19.5 Å². The van der Waals surface area contributed by atoms with Crippen LogP contribution in [0, 0.1) is 19.8 Å². The lowest BCUT2D eigenvalue weighted by Crippen LogP contribution is -2.45. The van der Waals surface area contributed by atoms with Crippen LogP contribution in [0.3, 0.4) is 0 Å². The van der Waals surface area contributed by atoms with Crippen LogP contribution < -0.4 is 10.2 Å². The van der Waals surface area contributed by atoms with Gasteiger partial charge in [0.15, 0.2) is 0 Å². The molecule has 0 radical (unpaired) electrons. The van der Waals surface area contributed by atoms with Gasteiger partial charge in [-0.15, -0.1) is 5.10 Å². The first-order valence-electron chi connectivity index (χ1n) is 12.2. The maximum absolute atomic E-state index is 14.0. The van der Waals surface area contributed by atoms with Gasteiger partial charge in [0.25, 0.3) is 0 Å². The summed E-state index contributed by atoms with van der Waals surface area (Å²) in [5, 5.41) is 11.4. The molecule has 0 bridgehead atoms. The second kappa shape index (κ2) is 11.1. The molecule has 0 aliphatic heterocycles. The molecule has 2 heterocycles. The number of aromatic nitrogens is 4. The van der Waals surface area contributed by atoms with Crippen molar-refractivity contribution in [3.63, 3.8) is 0 Å². The summed E-state index contributed by atoms with van der Waals surface area (Å²) in [5.74, 6) is -0.0586. The van der Waals surface area contributed by atoms with Crippen LogP contribution in [-0.4, -0.2) is 38.3 Å². The number of benzene rings is 2. The summed E-state index contributed by atoms with van der Waals surface area (Å²) in [4.78, 5) is 33.4. The highest BCUT2D eigenvalue weighted by Gasteiger charge is 2.33. The Balaban J connectivity index is 1.77. The Bertz CT molecular complexity index is 1330. The first-order chi connectivity index (χ1) is 17.3. The van der Waals surface area contributed by atoms with Crippen molar-refractivity contribution in [2.45, 2.75) is 46.7 Å². The summed E-state index contributed by atoms with van der Waals surface area (Å²) in [5.41, 5.74) is 4.81. The third-order valence-electron chi connectivity index (χ3n) is 6.01. The zero-order valence-electron chi connectivity index (χ0n) is 21.2. The fourth-order valence-corrected chi connectivity index (χ4v) is 4.31. The van der Waals surface area contributed by atoms with Gasteiger partial charge in [-0.25, -0.2) is 4.68 Å². The highest BCUT2D eigenvalue weighted by atomic mass is 16.2. The number of fused-ring (bicyclic) bond motifs is 1. The SMILES string of the molecule is Cc1cc(C)cc(N(C(=O)Cn2nnc3ccccc32)C(C(=O)NCCC(C)C)c2ccncc2)c1. The third-order valence-corrected chi connectivity index (χ3v) is 6.01. The van der Waals surface area contributed by atoms with E-state index in [0.717, 1.165) is 23.1 Å². The Morgan fingerprint density at radius 1 is 1.00 bits per heavy atom. The van der Waals surface area contributed by atoms with E-state index in [0.29, 0.717) is 29.2 Å². The van der Waals surface area contributed by atoms with Gasteiger partial charge in [0, 0.05) is 24.6 Å². The summed E-state index contributed by atoms with van der Waals surface area (Å²) >= 11 is 0. The molecule has 1 N–H and O–H groups in total. The van der Waals surface area contributed by atoms with Crippen molar-refractivity contribution in [3.05, 3.63) is 83.7 Å². The molecular formula is C28H32N6O2. The molecule has 1 atom stereocenters. The Morgan fingerprint density at radius 2 is 1.69 bits per heavy atom. The van der Waals surface area contributed by atoms with E-state index in [9.17, 15) is 9.59 Å². The normalized spacial score (nSPS) is 12.0. The molecule has 2 aromatic carbocycles. The largest absolute Gasteiger partial charge is 0.354 e. The molecule has 36 heavy (non-hydrogen) atoms. The molecule has 0 saturated heterocycles. The number of carbonyl (C=O) groups is 2. The number of amides is 2. The molecule has 0 aliphatic carbocycles. The van der Waals surface area contributed by atoms with Gasteiger partial charge in [-0.1, -0.05) is 37.3 Å². The van der Waals surface area contributed by atoms with Gasteiger partial charge in [0.2, 0.25) is 11.8 Å². The number of rotatable bonds is 9. The monoisotopic (exact) mass is 484 g/mol. The predicted molar refractivity (Wildman–Crippen MR) is 140 cm³/mol. The molecule has 0 fully saturated rings. The minimum absolute atomic E-state index is 0.0612. The molecule has 0 aliphatic rings. The smallest absolute Gasteiger partial charge is 0.249 e. The zero-order chi connectivity index (χ0) is 25.7. The van der Waals surface area contributed by atoms with Crippen LogP contribution in [0.1, 0.15) is 43.0 Å². The molecule has 2 aromatic heterocycles. The summed E-state index contributed by atoms with van der Waals surface area (Å²) in [7, 11) is 0. The highest BCUT2D eigenvalue weighted by molar-refractivity contribution is 6.01. The second-order valence-corrected chi connectivity index (χ2v) is 9.50. The maximum atomic E-state index is 14.0. The van der Waals surface area contributed by atoms with Crippen molar-refractivity contribution in [3.8, 4) is 0 Å². The summed E-state index contributed by atoms with van der Waals surface area (Å²) in [6.45, 7) is 8.65. The van der Waals surface area contributed by atoms with E-state index in [1.165, 1.54) is 0 Å². The van der Waals surface area contributed by atoms with Gasteiger partial charge in [-0.2, -0.15) is 0 Å². The first kappa shape index (κ1) is 25.0. The fourth-order valence-electron chi connectivity index (χ4n) is 4.31. The maximum Gasteiger partial charge on any atom is 0.249 e. The number of nitrogens with zero attached hydrogens (tertiary/aromatic N) is 5. The molecule has 8 nitrogen and oxygen atoms in total. The standard InChI is InChI=1S/C28H32N6O2/c1-19(2)9-14-30-28(36)27(22-10-12-29-13-11-22)34(23-16-20(3)15-21(4)17-23)26(35)18-33-25-8-6-5-7-24(25)31-32-33/h5-8,10-13,15-17,19,27H,9,14,18H2,1-4H3,(H,30,36). The predicted octanol–water partition coefficient (Wildman–Crippen LogP) is 4.38. The quantitative estimate of drug-likeness (QED) is 0.381. The van der Waals surface area contributed by atoms with Crippen LogP contribution >= 0.6 is 0 Å². The van der Waals surface area contributed by atoms with Crippen molar-refractivity contribution in [1.29, 1.82) is 0 Å². The van der Waals surface area contributed by atoms with Gasteiger partial charge >= 0.3 is 0 Å². The Kier molecular flexibility index (Phi) is 7.73. The molecule has 0 spiro atoms. The topological polar surface area (TPSA) is 93.0 Å². The number of hydrogen-bond donors (Lipinski definition) is 1. The molecule has 4 aromatic rings. The van der Waals surface area contributed by atoms with Gasteiger partial charge in [0.05, 0.1) is 5.52 Å². The molecule has 0 saturated carbocycles. The van der Waals surface area contributed by atoms with Crippen molar-refractivity contribution in [1.82, 2.24) is 25.3 Å². The van der Waals surface area contributed by atoms with E-state index in [4.69, 9.17) is 0 Å². The highest BCUT2D eigenvalue weighted by Crippen LogP contribution is 2.30. The average molecular weight is 485 g/mol. The Labute approximate surface area is 211 Å². The van der Waals surface area contributed by atoms with E-state index in [1.807, 2.05) is 56.3 Å². The van der Waals surface area contributed by atoms with E-state index in [1.54, 1.807) is 34.1 Å². The van der Waals surface area contributed by atoms with Gasteiger partial charge in [0.1, 0.15) is 18.1 Å². The number of anilines is 1. The first-order valence-corrected chi connectivity index (χ1v) is 12.2. The Hall–Kier alpha value is -4.07. The minimum Gasteiger partial charge on any atom is -0.354 e. The van der Waals surface area contributed by atoms with Crippen LogP contribution in [-0.2, 0) is 16.1 Å². The van der Waals surface area contributed by atoms with Crippen molar-refractivity contribution in [2.24, 2.45) is 5.92 Å². The van der Waals surface area contributed by atoms with Crippen LogP contribution in [0.4, 0.5) is 5.69 Å². The van der Waals surface area contributed by atoms with Gasteiger partial charge in [-0.05, 0) is 79.3 Å². The molecule has 2 amide bonds. The lowest BCUT2D eigenvalue weighted by Gasteiger charge is -2.32. The summed E-state index contributed by atoms with van der Waals surface area (Å²) in [6, 6.07) is 16.1. The van der Waals surface area contributed by atoms with Crippen molar-refractivity contribution >= 4 is 28.5 Å². The molecule has 4 rings (SSSR count). The number of pyridine rings is 1. The third kappa shape index (κ3) is 5.76. The van der Waals surface area contributed by atoms with Crippen LogP contribution in [0.2, 0.25) is 0 Å². The van der Waals surface area contributed by atoms with Crippen molar-refractivity contribution < 1.29 is 9.59 Å². The zero-order valence-corrected chi connectivity index (χ0v) is 21.2. The van der Waals surface area contributed by atoms with Gasteiger partial charge < -0.3 is 5.32 Å². The number of nitrogens with one attached hydrogen (secondary N) is 1. The minimum atomic E-state index is -0.872. The van der Waals surface area contributed by atoms with Crippen molar-refractivity contribution in [2.75, 3.05) is 11.4 Å². The molecule has 8 heteroatoms. The Morgan fingerprint density at radius 3 is 2.39 bits per heavy atom. The second-order valence-electron chi connectivity index (χ2n) is 9.50. The number of aryl methyl sites for hydroxylation is 2. The number of para-hydroxylation sites is 1.